The summed E-state index contributed by atoms with van der Waals surface area (Å²) in [6.07, 6.45) is 0.655. The topological polar surface area (TPSA) is 44.9 Å². The smallest absolute Gasteiger partial charge is 0.264 e. The second-order valence-corrected chi connectivity index (χ2v) is 18.3. The van der Waals surface area contributed by atoms with Gasteiger partial charge in [0.15, 0.2) is 5.82 Å². The molecule has 0 N–H and O–H groups in total. The molecule has 2 aromatic heterocycles. The molecule has 214 valence electrons. The Hall–Kier alpha value is -2.62. The van der Waals surface area contributed by atoms with Gasteiger partial charge in [-0.3, -0.25) is 0 Å². The van der Waals surface area contributed by atoms with E-state index < -0.39 is 20.3 Å². The van der Waals surface area contributed by atoms with Crippen LogP contribution in [0.4, 0.5) is 13.2 Å². The zero-order chi connectivity index (χ0) is 28.8. The highest BCUT2D eigenvalue weighted by molar-refractivity contribution is 6.76. The Morgan fingerprint density at radius 1 is 1.18 bits per heavy atom. The number of hydrogen-bond acceptors (Lipinski definition) is 3. The second kappa shape index (κ2) is 11.0. The van der Waals surface area contributed by atoms with Crippen LogP contribution < -0.4 is 0 Å². The van der Waals surface area contributed by atoms with Crippen LogP contribution >= 0.6 is 11.6 Å². The molecule has 0 bridgehead atoms. The summed E-state index contributed by atoms with van der Waals surface area (Å²) in [5.74, 6) is 0.841. The summed E-state index contributed by atoms with van der Waals surface area (Å²) in [6, 6.07) is 11.4. The van der Waals surface area contributed by atoms with Crippen LogP contribution in [0.15, 0.2) is 42.7 Å². The van der Waals surface area contributed by atoms with Crippen molar-refractivity contribution in [1.29, 1.82) is 0 Å². The van der Waals surface area contributed by atoms with Crippen molar-refractivity contribution in [2.45, 2.75) is 69.9 Å². The van der Waals surface area contributed by atoms with E-state index in [1.807, 2.05) is 29.8 Å². The Labute approximate surface area is 239 Å². The fraction of sp³-hybridized carbons (Fsp3) is 0.467. The zero-order valence-electron chi connectivity index (χ0n) is 23.6. The first-order chi connectivity index (χ1) is 18.9. The number of alkyl halides is 3. The number of aryl methyl sites for hydroxylation is 1. The van der Waals surface area contributed by atoms with Gasteiger partial charge >= 0.3 is 0 Å². The highest BCUT2D eigenvalue weighted by atomic mass is 35.5. The van der Waals surface area contributed by atoms with E-state index in [9.17, 15) is 8.78 Å². The Morgan fingerprint density at radius 3 is 2.52 bits per heavy atom. The van der Waals surface area contributed by atoms with Gasteiger partial charge in [0.25, 0.3) is 6.43 Å². The Balaban J connectivity index is 1.62. The lowest BCUT2D eigenvalue weighted by molar-refractivity contribution is 0.0885. The van der Waals surface area contributed by atoms with Crippen molar-refractivity contribution in [3.8, 4) is 11.1 Å². The summed E-state index contributed by atoms with van der Waals surface area (Å²) in [4.78, 5) is 0. The normalized spacial score (nSPS) is 19.5. The molecule has 1 saturated carbocycles. The third-order valence-electron chi connectivity index (χ3n) is 8.09. The monoisotopic (exact) mass is 588 g/mol. The van der Waals surface area contributed by atoms with Gasteiger partial charge < -0.3 is 13.9 Å². The summed E-state index contributed by atoms with van der Waals surface area (Å²) in [7, 11) is 0.584. The molecule has 1 fully saturated rings. The first-order valence-corrected chi connectivity index (χ1v) is 17.9. The Kier molecular flexibility index (Phi) is 7.93. The van der Waals surface area contributed by atoms with Crippen LogP contribution in [0.2, 0.25) is 25.7 Å². The van der Waals surface area contributed by atoms with Crippen LogP contribution in [0.1, 0.15) is 48.8 Å². The average Bonchev–Trinajstić information content (AvgIpc) is 3.48. The second-order valence-electron chi connectivity index (χ2n) is 12.4. The van der Waals surface area contributed by atoms with Gasteiger partial charge in [-0.25, -0.2) is 13.2 Å². The molecule has 4 aromatic rings. The molecule has 5 rings (SSSR count). The minimum atomic E-state index is -2.78. The Morgan fingerprint density at radius 2 is 1.93 bits per heavy atom. The first kappa shape index (κ1) is 28.9. The molecule has 1 aliphatic carbocycles. The van der Waals surface area contributed by atoms with E-state index in [1.54, 1.807) is 23.0 Å². The predicted octanol–water partition coefficient (Wildman–Crippen LogP) is 8.28. The molecule has 10 heteroatoms. The highest BCUT2D eigenvalue weighted by Gasteiger charge is 2.48. The van der Waals surface area contributed by atoms with Gasteiger partial charge in [0.1, 0.15) is 18.9 Å². The van der Waals surface area contributed by atoms with Crippen molar-refractivity contribution >= 4 is 30.6 Å². The zero-order valence-corrected chi connectivity index (χ0v) is 25.4. The SMILES string of the molecule is CC1CC(c2cccc(-c3cc(C(F)F)c4cc(CCl)n(COCC[Si](C)(C)C)c4c3F)c2)(c2nncn2C)C1. The van der Waals surface area contributed by atoms with Gasteiger partial charge in [-0.2, -0.15) is 0 Å². The molecule has 0 saturated heterocycles. The Bertz CT molecular complexity index is 1520. The van der Waals surface area contributed by atoms with Gasteiger partial charge in [-0.1, -0.05) is 50.8 Å². The number of fused-ring (bicyclic) bond motifs is 1. The van der Waals surface area contributed by atoms with Gasteiger partial charge in [0, 0.05) is 43.9 Å². The lowest BCUT2D eigenvalue weighted by Gasteiger charge is -2.46. The van der Waals surface area contributed by atoms with Crippen molar-refractivity contribution in [3.63, 3.8) is 0 Å². The maximum absolute atomic E-state index is 16.4. The average molecular weight is 589 g/mol. The van der Waals surface area contributed by atoms with Crippen LogP contribution in [-0.2, 0) is 29.8 Å². The maximum atomic E-state index is 16.4. The number of aromatic nitrogens is 4. The number of ether oxygens (including phenoxy) is 1. The maximum Gasteiger partial charge on any atom is 0.264 e. The van der Waals surface area contributed by atoms with Crippen LogP contribution in [0.5, 0.6) is 0 Å². The molecular weight excluding hydrogens is 553 g/mol. The molecule has 0 atom stereocenters. The molecule has 0 spiro atoms. The fourth-order valence-electron chi connectivity index (χ4n) is 6.04. The van der Waals surface area contributed by atoms with E-state index in [-0.39, 0.29) is 40.1 Å². The molecule has 1 aliphatic rings. The molecule has 0 amide bonds. The summed E-state index contributed by atoms with van der Waals surface area (Å²) in [5, 5.41) is 8.66. The third-order valence-corrected chi connectivity index (χ3v) is 10.1. The molecule has 0 unspecified atom stereocenters. The quantitative estimate of drug-likeness (QED) is 0.106. The molecule has 40 heavy (non-hydrogen) atoms. The van der Waals surface area contributed by atoms with Gasteiger partial charge in [-0.15, -0.1) is 21.8 Å². The van der Waals surface area contributed by atoms with Crippen LogP contribution in [0.25, 0.3) is 22.0 Å². The number of rotatable bonds is 10. The van der Waals surface area contributed by atoms with Crippen molar-refractivity contribution < 1.29 is 17.9 Å². The summed E-state index contributed by atoms with van der Waals surface area (Å²) < 4.78 is 54.7. The largest absolute Gasteiger partial charge is 0.361 e. The summed E-state index contributed by atoms with van der Waals surface area (Å²) >= 11 is 6.20. The highest BCUT2D eigenvalue weighted by Crippen LogP contribution is 2.52. The van der Waals surface area contributed by atoms with Crippen molar-refractivity contribution in [2.75, 3.05) is 6.61 Å². The number of benzene rings is 2. The van der Waals surface area contributed by atoms with Crippen molar-refractivity contribution in [3.05, 3.63) is 71.2 Å². The van der Waals surface area contributed by atoms with E-state index in [1.165, 1.54) is 6.07 Å². The first-order valence-electron chi connectivity index (χ1n) is 13.7. The fourth-order valence-corrected chi connectivity index (χ4v) is 7.02. The van der Waals surface area contributed by atoms with E-state index in [0.717, 1.165) is 30.3 Å². The predicted molar refractivity (Wildman–Crippen MR) is 156 cm³/mol. The van der Waals surface area contributed by atoms with Gasteiger partial charge in [0.2, 0.25) is 0 Å². The van der Waals surface area contributed by atoms with Crippen LogP contribution in [0, 0.1) is 11.7 Å². The summed E-state index contributed by atoms with van der Waals surface area (Å²) in [5.41, 5.74) is 1.71. The van der Waals surface area contributed by atoms with E-state index in [4.69, 9.17) is 16.3 Å². The standard InChI is InChI=1S/C30H36ClF3N4OSi/c1-19-14-30(15-19,29-36-35-17-37(29)2)21-8-6-7-20(11-21)23-13-25(28(33)34)24-12-22(16-31)38(27(24)26(23)32)18-39-9-10-40(3,4)5/h6-8,11-13,17,19,28H,9-10,14-16,18H2,1-5H3. The molecule has 5 nitrogen and oxygen atoms in total. The van der Waals surface area contributed by atoms with E-state index in [0.29, 0.717) is 23.8 Å². The third kappa shape index (κ3) is 5.23. The minimum Gasteiger partial charge on any atom is -0.361 e. The molecule has 0 aliphatic heterocycles. The van der Waals surface area contributed by atoms with E-state index in [2.05, 4.69) is 36.8 Å². The number of hydrogen-bond donors (Lipinski definition) is 0. The molecule has 2 heterocycles. The number of halogens is 4. The van der Waals surface area contributed by atoms with Crippen molar-refractivity contribution in [2.24, 2.45) is 13.0 Å². The molecule has 0 radical (unpaired) electrons. The van der Waals surface area contributed by atoms with Crippen molar-refractivity contribution in [1.82, 2.24) is 19.3 Å². The lowest BCUT2D eigenvalue weighted by atomic mass is 9.58. The van der Waals surface area contributed by atoms with Crippen LogP contribution in [0.3, 0.4) is 0 Å². The van der Waals surface area contributed by atoms with Gasteiger partial charge in [-0.05, 0) is 48.1 Å². The van der Waals surface area contributed by atoms with Gasteiger partial charge in [0.05, 0.1) is 16.8 Å². The summed E-state index contributed by atoms with van der Waals surface area (Å²) in [6.45, 7) is 9.50. The van der Waals surface area contributed by atoms with E-state index >= 15 is 4.39 Å². The molecular formula is C30H36ClF3N4OSi. The molecule has 2 aromatic carbocycles. The minimum absolute atomic E-state index is 0.0479. The lowest BCUT2D eigenvalue weighted by Crippen LogP contribution is -2.43. The number of nitrogens with zero attached hydrogens (tertiary/aromatic N) is 4. The van der Waals surface area contributed by atoms with Crippen LogP contribution in [-0.4, -0.2) is 34.0 Å².